The van der Waals surface area contributed by atoms with Crippen molar-refractivity contribution in [2.45, 2.75) is 6.92 Å². The molecule has 0 atom stereocenters. The Hall–Kier alpha value is -3.66. The van der Waals surface area contributed by atoms with Crippen LogP contribution in [-0.4, -0.2) is 46.0 Å². The lowest BCUT2D eigenvalue weighted by atomic mass is 10.2. The molecule has 0 saturated heterocycles. The summed E-state index contributed by atoms with van der Waals surface area (Å²) in [5.74, 6) is 2.33. The van der Waals surface area contributed by atoms with Gasteiger partial charge in [0.25, 0.3) is 5.91 Å². The molecule has 2 aromatic carbocycles. The molecule has 1 N–H and O–H groups in total. The van der Waals surface area contributed by atoms with Gasteiger partial charge in [0.1, 0.15) is 17.2 Å². The number of fused-ring (bicyclic) bond motifs is 1. The first-order chi connectivity index (χ1) is 14.7. The molecule has 4 aromatic rings. The fourth-order valence-corrected chi connectivity index (χ4v) is 3.45. The lowest BCUT2D eigenvalue weighted by molar-refractivity contribution is -0.118. The number of amides is 1. The Labute approximate surface area is 176 Å². The summed E-state index contributed by atoms with van der Waals surface area (Å²) in [6.45, 7) is 2.40. The van der Waals surface area contributed by atoms with Crippen LogP contribution in [0.3, 0.4) is 0 Å². The molecule has 9 nitrogen and oxygen atoms in total. The SMILES string of the molecule is CCOc1ccc(-c2nnc3sc(NC(=O)COc4ccc(OC)cc4)nn23)cc1. The van der Waals surface area contributed by atoms with E-state index < -0.39 is 0 Å². The largest absolute Gasteiger partial charge is 0.497 e. The van der Waals surface area contributed by atoms with Gasteiger partial charge in [0.15, 0.2) is 12.4 Å². The summed E-state index contributed by atoms with van der Waals surface area (Å²) in [4.78, 5) is 12.8. The third kappa shape index (κ3) is 4.33. The van der Waals surface area contributed by atoms with Gasteiger partial charge >= 0.3 is 0 Å². The van der Waals surface area contributed by atoms with Crippen LogP contribution in [0.15, 0.2) is 48.5 Å². The molecule has 2 aromatic heterocycles. The Morgan fingerprint density at radius 3 is 2.37 bits per heavy atom. The van der Waals surface area contributed by atoms with Crippen molar-refractivity contribution < 1.29 is 19.0 Å². The standard InChI is InChI=1S/C20H19N5O4S/c1-3-28-15-6-4-13(5-7-15)18-22-23-20-25(18)24-19(30-20)21-17(26)12-29-16-10-8-14(27-2)9-11-16/h4-11H,3,12H2,1-2H3,(H,21,24,26). The van der Waals surface area contributed by atoms with Crippen molar-refractivity contribution >= 4 is 27.3 Å². The maximum absolute atomic E-state index is 12.2. The zero-order valence-electron chi connectivity index (χ0n) is 16.4. The number of ether oxygens (including phenoxy) is 3. The summed E-state index contributed by atoms with van der Waals surface area (Å²) in [5.41, 5.74) is 0.844. The molecule has 4 rings (SSSR count). The minimum atomic E-state index is -0.321. The lowest BCUT2D eigenvalue weighted by Gasteiger charge is -2.06. The van der Waals surface area contributed by atoms with Gasteiger partial charge in [0, 0.05) is 5.56 Å². The molecular formula is C20H19N5O4S. The van der Waals surface area contributed by atoms with E-state index in [0.717, 1.165) is 17.1 Å². The molecule has 30 heavy (non-hydrogen) atoms. The van der Waals surface area contributed by atoms with Crippen LogP contribution in [-0.2, 0) is 4.79 Å². The van der Waals surface area contributed by atoms with Crippen molar-refractivity contribution in [3.63, 3.8) is 0 Å². The van der Waals surface area contributed by atoms with E-state index in [1.807, 2.05) is 31.2 Å². The van der Waals surface area contributed by atoms with E-state index in [1.165, 1.54) is 11.3 Å². The summed E-state index contributed by atoms with van der Waals surface area (Å²) in [7, 11) is 1.59. The molecule has 0 saturated carbocycles. The summed E-state index contributed by atoms with van der Waals surface area (Å²) in [6, 6.07) is 14.5. The van der Waals surface area contributed by atoms with Gasteiger partial charge in [-0.1, -0.05) is 11.3 Å². The highest BCUT2D eigenvalue weighted by Crippen LogP contribution is 2.25. The molecule has 154 valence electrons. The van der Waals surface area contributed by atoms with E-state index in [1.54, 1.807) is 35.9 Å². The normalized spacial score (nSPS) is 10.7. The van der Waals surface area contributed by atoms with E-state index in [2.05, 4.69) is 20.6 Å². The zero-order chi connectivity index (χ0) is 20.9. The fourth-order valence-electron chi connectivity index (χ4n) is 2.69. The van der Waals surface area contributed by atoms with Crippen molar-refractivity contribution in [1.82, 2.24) is 19.8 Å². The second-order valence-corrected chi connectivity index (χ2v) is 7.05. The van der Waals surface area contributed by atoms with Crippen LogP contribution < -0.4 is 19.5 Å². The third-order valence-electron chi connectivity index (χ3n) is 4.09. The predicted octanol–water partition coefficient (Wildman–Crippen LogP) is 3.28. The molecular weight excluding hydrogens is 406 g/mol. The number of benzene rings is 2. The minimum Gasteiger partial charge on any atom is -0.497 e. The number of nitrogens with zero attached hydrogens (tertiary/aromatic N) is 4. The maximum Gasteiger partial charge on any atom is 0.264 e. The molecule has 0 radical (unpaired) electrons. The van der Waals surface area contributed by atoms with Gasteiger partial charge in [-0.2, -0.15) is 4.52 Å². The topological polar surface area (TPSA) is 99.9 Å². The highest BCUT2D eigenvalue weighted by molar-refractivity contribution is 7.20. The van der Waals surface area contributed by atoms with Gasteiger partial charge in [0.2, 0.25) is 10.1 Å². The van der Waals surface area contributed by atoms with Crippen molar-refractivity contribution in [3.05, 3.63) is 48.5 Å². The van der Waals surface area contributed by atoms with E-state index in [9.17, 15) is 4.79 Å². The number of anilines is 1. The molecule has 10 heteroatoms. The van der Waals surface area contributed by atoms with Crippen LogP contribution >= 0.6 is 11.3 Å². The molecule has 0 aliphatic heterocycles. The molecule has 0 unspecified atom stereocenters. The number of nitrogens with one attached hydrogen (secondary N) is 1. The smallest absolute Gasteiger partial charge is 0.264 e. The van der Waals surface area contributed by atoms with E-state index >= 15 is 0 Å². The third-order valence-corrected chi connectivity index (χ3v) is 4.90. The van der Waals surface area contributed by atoms with E-state index in [0.29, 0.717) is 28.3 Å². The summed E-state index contributed by atoms with van der Waals surface area (Å²) >= 11 is 1.23. The molecule has 0 spiro atoms. The van der Waals surface area contributed by atoms with Gasteiger partial charge < -0.3 is 14.2 Å². The quantitative estimate of drug-likeness (QED) is 0.462. The van der Waals surface area contributed by atoms with Gasteiger partial charge in [-0.05, 0) is 55.5 Å². The molecule has 0 aliphatic rings. The molecule has 0 aliphatic carbocycles. The van der Waals surface area contributed by atoms with Crippen LogP contribution in [0.5, 0.6) is 17.2 Å². The fraction of sp³-hybridized carbons (Fsp3) is 0.200. The number of aromatic nitrogens is 4. The Kier molecular flexibility index (Phi) is 5.75. The van der Waals surface area contributed by atoms with Crippen LogP contribution in [0, 0.1) is 0 Å². The van der Waals surface area contributed by atoms with Gasteiger partial charge in [0.05, 0.1) is 13.7 Å². The van der Waals surface area contributed by atoms with Crippen LogP contribution in [0.1, 0.15) is 6.92 Å². The first-order valence-corrected chi connectivity index (χ1v) is 10.00. The van der Waals surface area contributed by atoms with Crippen molar-refractivity contribution in [3.8, 4) is 28.6 Å². The molecule has 0 bridgehead atoms. The molecule has 0 fully saturated rings. The number of hydrogen-bond donors (Lipinski definition) is 1. The Morgan fingerprint density at radius 2 is 1.67 bits per heavy atom. The number of rotatable bonds is 8. The molecule has 1 amide bonds. The van der Waals surface area contributed by atoms with Crippen LogP contribution in [0.2, 0.25) is 0 Å². The summed E-state index contributed by atoms with van der Waals surface area (Å²) in [6.07, 6.45) is 0. The van der Waals surface area contributed by atoms with Crippen molar-refractivity contribution in [2.24, 2.45) is 0 Å². The second kappa shape index (κ2) is 8.78. The van der Waals surface area contributed by atoms with E-state index in [-0.39, 0.29) is 12.5 Å². The molecule has 2 heterocycles. The van der Waals surface area contributed by atoms with Gasteiger partial charge in [-0.3, -0.25) is 10.1 Å². The maximum atomic E-state index is 12.2. The van der Waals surface area contributed by atoms with Gasteiger partial charge in [-0.25, -0.2) is 0 Å². The monoisotopic (exact) mass is 425 g/mol. The minimum absolute atomic E-state index is 0.141. The lowest BCUT2D eigenvalue weighted by Crippen LogP contribution is -2.20. The number of carbonyl (C=O) groups excluding carboxylic acids is 1. The van der Waals surface area contributed by atoms with Crippen LogP contribution in [0.25, 0.3) is 16.3 Å². The van der Waals surface area contributed by atoms with Crippen molar-refractivity contribution in [2.75, 3.05) is 25.6 Å². The Bertz CT molecular complexity index is 1140. The summed E-state index contributed by atoms with van der Waals surface area (Å²) in [5, 5.41) is 15.9. The Balaban J connectivity index is 1.41. The predicted molar refractivity (Wildman–Crippen MR) is 112 cm³/mol. The second-order valence-electron chi connectivity index (χ2n) is 6.09. The highest BCUT2D eigenvalue weighted by Gasteiger charge is 2.15. The zero-order valence-corrected chi connectivity index (χ0v) is 17.2. The number of hydrogen-bond acceptors (Lipinski definition) is 8. The van der Waals surface area contributed by atoms with Gasteiger partial charge in [-0.15, -0.1) is 15.3 Å². The Morgan fingerprint density at radius 1 is 1.00 bits per heavy atom. The van der Waals surface area contributed by atoms with E-state index in [4.69, 9.17) is 14.2 Å². The average Bonchev–Trinajstić information content (AvgIpc) is 3.34. The first kappa shape index (κ1) is 19.6. The number of methoxy groups -OCH3 is 1. The number of carbonyl (C=O) groups is 1. The average molecular weight is 425 g/mol. The highest BCUT2D eigenvalue weighted by atomic mass is 32.1. The van der Waals surface area contributed by atoms with Crippen molar-refractivity contribution in [1.29, 1.82) is 0 Å². The summed E-state index contributed by atoms with van der Waals surface area (Å²) < 4.78 is 17.6. The first-order valence-electron chi connectivity index (χ1n) is 9.18. The van der Waals surface area contributed by atoms with Crippen LogP contribution in [0.4, 0.5) is 5.13 Å².